The Balaban J connectivity index is 1.80. The van der Waals surface area contributed by atoms with Gasteiger partial charge in [-0.2, -0.15) is 0 Å². The Hall–Kier alpha value is -3.46. The van der Waals surface area contributed by atoms with E-state index in [1.807, 2.05) is 12.1 Å². The summed E-state index contributed by atoms with van der Waals surface area (Å²) in [5.74, 6) is -0.670. The molecule has 1 saturated heterocycles. The van der Waals surface area contributed by atoms with E-state index in [-0.39, 0.29) is 22.9 Å². The van der Waals surface area contributed by atoms with Crippen molar-refractivity contribution >= 4 is 39.0 Å². The van der Waals surface area contributed by atoms with Crippen LogP contribution < -0.4 is 10.6 Å². The van der Waals surface area contributed by atoms with Crippen molar-refractivity contribution in [2.75, 3.05) is 18.4 Å². The van der Waals surface area contributed by atoms with Gasteiger partial charge in [-0.05, 0) is 18.2 Å². The summed E-state index contributed by atoms with van der Waals surface area (Å²) in [6.07, 6.45) is 0. The number of ketones is 1. The van der Waals surface area contributed by atoms with Crippen molar-refractivity contribution in [2.45, 2.75) is 5.41 Å². The maximum atomic E-state index is 13.6. The lowest BCUT2D eigenvalue weighted by molar-refractivity contribution is -0.435. The summed E-state index contributed by atoms with van der Waals surface area (Å²) in [5, 5.41) is 18.3. The largest absolute Gasteiger partial charge is 0.364 e. The zero-order chi connectivity index (χ0) is 20.8. The predicted octanol–water partition coefficient (Wildman–Crippen LogP) is 2.61. The lowest BCUT2D eigenvalue weighted by Crippen LogP contribution is -2.48. The van der Waals surface area contributed by atoms with Crippen LogP contribution in [0, 0.1) is 10.1 Å². The highest BCUT2D eigenvalue weighted by atomic mass is 79.9. The first kappa shape index (κ1) is 17.4. The molecule has 2 aromatic carbocycles. The lowest BCUT2D eigenvalue weighted by atomic mass is 9.69. The maximum Gasteiger partial charge on any atom is 0.310 e. The molecule has 0 saturated carbocycles. The second kappa shape index (κ2) is 5.57. The van der Waals surface area contributed by atoms with Crippen LogP contribution in [0.3, 0.4) is 0 Å². The number of anilines is 1. The van der Waals surface area contributed by atoms with Crippen LogP contribution in [-0.2, 0) is 10.2 Å². The van der Waals surface area contributed by atoms with E-state index in [0.717, 1.165) is 0 Å². The molecule has 1 aliphatic carbocycles. The molecule has 3 heterocycles. The van der Waals surface area contributed by atoms with Gasteiger partial charge in [0.1, 0.15) is 0 Å². The number of carbonyl (C=O) groups is 2. The third-order valence-corrected chi connectivity index (χ3v) is 6.66. The van der Waals surface area contributed by atoms with Crippen molar-refractivity contribution < 1.29 is 14.5 Å². The van der Waals surface area contributed by atoms with Crippen molar-refractivity contribution in [3.8, 4) is 0 Å². The molecule has 9 heteroatoms. The van der Waals surface area contributed by atoms with Gasteiger partial charge in [0.05, 0.1) is 16.2 Å². The number of rotatable bonds is 1. The zero-order valence-electron chi connectivity index (χ0n) is 15.4. The molecule has 6 rings (SSSR count). The van der Waals surface area contributed by atoms with E-state index in [9.17, 15) is 19.7 Å². The Bertz CT molecular complexity index is 1300. The number of nitrogens with zero attached hydrogens (tertiary/aromatic N) is 2. The minimum Gasteiger partial charge on any atom is -0.364 e. The summed E-state index contributed by atoms with van der Waals surface area (Å²) in [7, 11) is 0. The average Bonchev–Trinajstić information content (AvgIpc) is 3.38. The number of amides is 1. The highest BCUT2D eigenvalue weighted by Gasteiger charge is 2.67. The van der Waals surface area contributed by atoms with Crippen LogP contribution in [0.25, 0.3) is 5.70 Å². The fraction of sp³-hybridized carbons (Fsp3) is 0.143. The molecule has 2 N–H and O–H groups in total. The van der Waals surface area contributed by atoms with Gasteiger partial charge in [-0.3, -0.25) is 19.7 Å². The fourth-order valence-corrected chi connectivity index (χ4v) is 5.46. The van der Waals surface area contributed by atoms with Gasteiger partial charge in [0, 0.05) is 39.9 Å². The maximum absolute atomic E-state index is 13.6. The molecule has 0 radical (unpaired) electrons. The number of Topliss-reactive ketones (excluding diaryl/α,β-unsaturated/α-hetero) is 1. The van der Waals surface area contributed by atoms with E-state index < -0.39 is 16.2 Å². The first-order chi connectivity index (χ1) is 14.5. The summed E-state index contributed by atoms with van der Waals surface area (Å²) in [6.45, 7) is 0.943. The van der Waals surface area contributed by atoms with Crippen LogP contribution in [-0.4, -0.2) is 34.6 Å². The third-order valence-electron chi connectivity index (χ3n) is 6.17. The van der Waals surface area contributed by atoms with E-state index in [1.165, 1.54) is 0 Å². The van der Waals surface area contributed by atoms with Gasteiger partial charge < -0.3 is 15.5 Å². The first-order valence-corrected chi connectivity index (χ1v) is 10.2. The van der Waals surface area contributed by atoms with E-state index >= 15 is 0 Å². The highest BCUT2D eigenvalue weighted by Crippen LogP contribution is 2.58. The van der Waals surface area contributed by atoms with Crippen molar-refractivity contribution in [3.05, 3.63) is 90.8 Å². The molecule has 1 atom stereocenters. The van der Waals surface area contributed by atoms with Crippen LogP contribution in [0.2, 0.25) is 0 Å². The van der Waals surface area contributed by atoms with Crippen molar-refractivity contribution in [1.29, 1.82) is 0 Å². The fourth-order valence-electron chi connectivity index (χ4n) is 5.10. The van der Waals surface area contributed by atoms with E-state index in [2.05, 4.69) is 26.6 Å². The van der Waals surface area contributed by atoms with E-state index in [4.69, 9.17) is 0 Å². The quantitative estimate of drug-likeness (QED) is 0.496. The second-order valence-corrected chi connectivity index (χ2v) is 8.44. The zero-order valence-corrected chi connectivity index (χ0v) is 16.9. The molecular formula is C21H13BrN4O4. The molecule has 4 aliphatic rings. The number of fused-ring (bicyclic) bond motifs is 7. The minimum atomic E-state index is -1.84. The van der Waals surface area contributed by atoms with Crippen LogP contribution >= 0.6 is 15.9 Å². The number of benzene rings is 2. The summed E-state index contributed by atoms with van der Waals surface area (Å²) >= 11 is 3.41. The average molecular weight is 465 g/mol. The highest BCUT2D eigenvalue weighted by molar-refractivity contribution is 9.10. The molecule has 0 bridgehead atoms. The number of halogens is 1. The van der Waals surface area contributed by atoms with Crippen LogP contribution in [0.1, 0.15) is 21.5 Å². The summed E-state index contributed by atoms with van der Waals surface area (Å²) in [6, 6.07) is 12.2. The molecular weight excluding hydrogens is 452 g/mol. The second-order valence-electron chi connectivity index (χ2n) is 7.53. The molecule has 148 valence electrons. The van der Waals surface area contributed by atoms with Gasteiger partial charge in [0.25, 0.3) is 5.91 Å². The molecule has 3 aliphatic heterocycles. The topological polar surface area (TPSA) is 105 Å². The summed E-state index contributed by atoms with van der Waals surface area (Å²) in [4.78, 5) is 40.9. The first-order valence-electron chi connectivity index (χ1n) is 9.37. The minimum absolute atomic E-state index is 0.150. The number of nitrogens with one attached hydrogen (secondary N) is 2. The van der Waals surface area contributed by atoms with E-state index in [1.54, 1.807) is 35.2 Å². The Kier molecular flexibility index (Phi) is 3.23. The monoisotopic (exact) mass is 464 g/mol. The normalized spacial score (nSPS) is 23.3. The van der Waals surface area contributed by atoms with Crippen molar-refractivity contribution in [3.63, 3.8) is 0 Å². The predicted molar refractivity (Wildman–Crippen MR) is 111 cm³/mol. The van der Waals surface area contributed by atoms with Gasteiger partial charge >= 0.3 is 5.70 Å². The number of carbonyl (C=O) groups excluding carboxylic acids is 2. The van der Waals surface area contributed by atoms with Crippen LogP contribution in [0.4, 0.5) is 5.69 Å². The van der Waals surface area contributed by atoms with Crippen molar-refractivity contribution in [2.24, 2.45) is 0 Å². The van der Waals surface area contributed by atoms with Gasteiger partial charge in [0.2, 0.25) is 5.41 Å². The Morgan fingerprint density at radius 1 is 1.13 bits per heavy atom. The molecule has 1 spiro atoms. The molecule has 30 heavy (non-hydrogen) atoms. The van der Waals surface area contributed by atoms with Gasteiger partial charge in [-0.15, -0.1) is 0 Å². The molecule has 1 unspecified atom stereocenters. The number of hydrogen-bond donors (Lipinski definition) is 2. The Morgan fingerprint density at radius 2 is 1.90 bits per heavy atom. The Morgan fingerprint density at radius 3 is 2.67 bits per heavy atom. The van der Waals surface area contributed by atoms with Gasteiger partial charge in [0.15, 0.2) is 11.6 Å². The van der Waals surface area contributed by atoms with Gasteiger partial charge in [-0.1, -0.05) is 40.2 Å². The van der Waals surface area contributed by atoms with Crippen LogP contribution in [0.15, 0.2) is 64.0 Å². The standard InChI is InChI=1S/C21H13BrN4O4/c22-10-5-6-14-13(9-10)21(20(28)24-14)15-16(11-3-1-2-4-12(11)17(15)27)25-8-7-23-19(25)18(21)26(29)30/h1-6,9,23H,7-8H2,(H,24,28). The SMILES string of the molecule is O=C1C2=C(c3ccccc31)N1CCNC1=C([N+](=O)[O-])C21C(=O)Nc2ccc(Br)cc21. The third kappa shape index (κ3) is 1.82. The van der Waals surface area contributed by atoms with Crippen molar-refractivity contribution in [1.82, 2.24) is 10.2 Å². The van der Waals surface area contributed by atoms with Gasteiger partial charge in [-0.25, -0.2) is 0 Å². The molecule has 0 aromatic heterocycles. The summed E-state index contributed by atoms with van der Waals surface area (Å²) < 4.78 is 0.664. The smallest absolute Gasteiger partial charge is 0.310 e. The number of nitro groups is 1. The molecule has 1 fully saturated rings. The van der Waals surface area contributed by atoms with Crippen LogP contribution in [0.5, 0.6) is 0 Å². The molecule has 2 aromatic rings. The lowest BCUT2D eigenvalue weighted by Gasteiger charge is -2.35. The van der Waals surface area contributed by atoms with E-state index in [0.29, 0.717) is 45.6 Å². The summed E-state index contributed by atoms with van der Waals surface area (Å²) in [5.41, 5.74) is 0.589. The Labute approximate surface area is 178 Å². The molecule has 1 amide bonds. The number of hydrogen-bond acceptors (Lipinski definition) is 6. The molecule has 8 nitrogen and oxygen atoms in total.